The number of aliphatic hydroxyl groups excluding tert-OH is 2. The van der Waals surface area contributed by atoms with Crippen LogP contribution in [0.3, 0.4) is 0 Å². The molecule has 1 fully saturated rings. The smallest absolute Gasteiger partial charge is 0.248 e. The van der Waals surface area contributed by atoms with Gasteiger partial charge in [-0.25, -0.2) is 0 Å². The van der Waals surface area contributed by atoms with Crippen molar-refractivity contribution in [3.05, 3.63) is 0 Å². The fourth-order valence-corrected chi connectivity index (χ4v) is 1.55. The summed E-state index contributed by atoms with van der Waals surface area (Å²) < 4.78 is 0. The van der Waals surface area contributed by atoms with Crippen molar-refractivity contribution in [2.75, 3.05) is 26.3 Å². The maximum Gasteiger partial charge on any atom is 0.248 e. The van der Waals surface area contributed by atoms with E-state index in [0.717, 1.165) is 12.8 Å². The van der Waals surface area contributed by atoms with E-state index >= 15 is 0 Å². The van der Waals surface area contributed by atoms with Crippen LogP contribution in [0.25, 0.3) is 0 Å². The van der Waals surface area contributed by atoms with Gasteiger partial charge in [-0.2, -0.15) is 0 Å². The van der Waals surface area contributed by atoms with E-state index in [1.165, 1.54) is 0 Å². The molecule has 4 heteroatoms. The lowest BCUT2D eigenvalue weighted by molar-refractivity contribution is -0.136. The van der Waals surface area contributed by atoms with Crippen molar-refractivity contribution in [1.82, 2.24) is 4.90 Å². The molecule has 76 valence electrons. The second-order valence-electron chi connectivity index (χ2n) is 4.01. The van der Waals surface area contributed by atoms with E-state index in [0.29, 0.717) is 13.1 Å². The summed E-state index contributed by atoms with van der Waals surface area (Å²) in [5, 5.41) is 17.7. The van der Waals surface area contributed by atoms with Gasteiger partial charge in [0.05, 0.1) is 0 Å². The first-order valence-electron chi connectivity index (χ1n) is 4.61. The molecule has 1 aliphatic rings. The van der Waals surface area contributed by atoms with Gasteiger partial charge in [-0.05, 0) is 18.3 Å². The number of carbonyl (C=O) groups is 1. The number of hydrogen-bond donors (Lipinski definition) is 2. The van der Waals surface area contributed by atoms with E-state index in [2.05, 4.69) is 0 Å². The first-order valence-corrected chi connectivity index (χ1v) is 4.61. The van der Waals surface area contributed by atoms with Gasteiger partial charge in [0.1, 0.15) is 6.61 Å². The summed E-state index contributed by atoms with van der Waals surface area (Å²) in [6.45, 7) is 3.09. The summed E-state index contributed by atoms with van der Waals surface area (Å²) >= 11 is 0. The van der Waals surface area contributed by atoms with Gasteiger partial charge in [-0.15, -0.1) is 0 Å². The number of likely N-dealkylation sites (tertiary alicyclic amines) is 1. The quantitative estimate of drug-likeness (QED) is 0.618. The molecule has 1 rings (SSSR count). The molecule has 0 aromatic heterocycles. The van der Waals surface area contributed by atoms with Crippen molar-refractivity contribution in [3.8, 4) is 0 Å². The second kappa shape index (κ2) is 4.07. The predicted molar refractivity (Wildman–Crippen MR) is 48.1 cm³/mol. The summed E-state index contributed by atoms with van der Waals surface area (Å²) in [6, 6.07) is 0. The van der Waals surface area contributed by atoms with Gasteiger partial charge >= 0.3 is 0 Å². The molecule has 13 heavy (non-hydrogen) atoms. The SMILES string of the molecule is CC1(CO)CCN(C(=O)CO)CC1. The number of amides is 1. The Hall–Kier alpha value is -0.610. The molecule has 1 heterocycles. The van der Waals surface area contributed by atoms with Crippen molar-refractivity contribution in [3.63, 3.8) is 0 Å². The average molecular weight is 187 g/mol. The van der Waals surface area contributed by atoms with Crippen molar-refractivity contribution < 1.29 is 15.0 Å². The van der Waals surface area contributed by atoms with Crippen LogP contribution < -0.4 is 0 Å². The number of nitrogens with zero attached hydrogens (tertiary/aromatic N) is 1. The first-order chi connectivity index (χ1) is 6.11. The summed E-state index contributed by atoms with van der Waals surface area (Å²) in [7, 11) is 0. The number of aliphatic hydroxyl groups is 2. The van der Waals surface area contributed by atoms with E-state index < -0.39 is 6.61 Å². The molecule has 0 aliphatic carbocycles. The Morgan fingerprint density at radius 3 is 2.31 bits per heavy atom. The van der Waals surface area contributed by atoms with Crippen LogP contribution >= 0.6 is 0 Å². The lowest BCUT2D eigenvalue weighted by Crippen LogP contribution is -2.44. The van der Waals surface area contributed by atoms with E-state index in [4.69, 9.17) is 10.2 Å². The molecule has 0 aromatic rings. The molecule has 0 aromatic carbocycles. The van der Waals surface area contributed by atoms with Crippen LogP contribution in [-0.4, -0.2) is 47.3 Å². The van der Waals surface area contributed by atoms with Crippen LogP contribution in [0.15, 0.2) is 0 Å². The zero-order chi connectivity index (χ0) is 9.90. The summed E-state index contributed by atoms with van der Waals surface area (Å²) in [4.78, 5) is 12.7. The van der Waals surface area contributed by atoms with Crippen LogP contribution in [-0.2, 0) is 4.79 Å². The Labute approximate surface area is 78.2 Å². The van der Waals surface area contributed by atoms with E-state index in [1.54, 1.807) is 4.90 Å². The molecule has 1 saturated heterocycles. The molecule has 4 nitrogen and oxygen atoms in total. The van der Waals surface area contributed by atoms with Crippen LogP contribution in [0.4, 0.5) is 0 Å². The van der Waals surface area contributed by atoms with Crippen molar-refractivity contribution in [1.29, 1.82) is 0 Å². The molecular weight excluding hydrogens is 170 g/mol. The maximum atomic E-state index is 11.1. The summed E-state index contributed by atoms with van der Waals surface area (Å²) in [5.74, 6) is -0.208. The fourth-order valence-electron chi connectivity index (χ4n) is 1.55. The predicted octanol–water partition coefficient (Wildman–Crippen LogP) is -0.400. The third kappa shape index (κ3) is 2.42. The molecule has 0 saturated carbocycles. The van der Waals surface area contributed by atoms with Gasteiger partial charge in [-0.1, -0.05) is 6.92 Å². The van der Waals surface area contributed by atoms with Gasteiger partial charge in [0, 0.05) is 19.7 Å². The first kappa shape index (κ1) is 10.5. The summed E-state index contributed by atoms with van der Waals surface area (Å²) in [6.07, 6.45) is 1.63. The highest BCUT2D eigenvalue weighted by molar-refractivity contribution is 5.77. The zero-order valence-corrected chi connectivity index (χ0v) is 7.99. The van der Waals surface area contributed by atoms with Crippen molar-refractivity contribution >= 4 is 5.91 Å². The Bertz CT molecular complexity index is 185. The number of rotatable bonds is 2. The molecule has 1 aliphatic heterocycles. The van der Waals surface area contributed by atoms with Crippen molar-refractivity contribution in [2.45, 2.75) is 19.8 Å². The number of hydrogen-bond acceptors (Lipinski definition) is 3. The third-order valence-electron chi connectivity index (χ3n) is 2.84. The van der Waals surface area contributed by atoms with Gasteiger partial charge in [0.15, 0.2) is 0 Å². The number of carbonyl (C=O) groups excluding carboxylic acids is 1. The molecule has 0 radical (unpaired) electrons. The Kier molecular flexibility index (Phi) is 3.27. The molecule has 0 bridgehead atoms. The second-order valence-corrected chi connectivity index (χ2v) is 4.01. The lowest BCUT2D eigenvalue weighted by Gasteiger charge is -2.37. The van der Waals surface area contributed by atoms with E-state index in [9.17, 15) is 4.79 Å². The molecule has 0 spiro atoms. The molecule has 1 amide bonds. The van der Waals surface area contributed by atoms with Gasteiger partial charge < -0.3 is 15.1 Å². The standard InChI is InChI=1S/C9H17NO3/c1-9(7-12)2-4-10(5-3-9)8(13)6-11/h11-12H,2-7H2,1H3. The highest BCUT2D eigenvalue weighted by Crippen LogP contribution is 2.29. The molecular formula is C9H17NO3. The molecule has 0 unspecified atom stereocenters. The Balaban J connectivity index is 2.43. The normalized spacial score (nSPS) is 21.6. The lowest BCUT2D eigenvalue weighted by atomic mass is 9.81. The monoisotopic (exact) mass is 187 g/mol. The van der Waals surface area contributed by atoms with Gasteiger partial charge in [0.2, 0.25) is 5.91 Å². The topological polar surface area (TPSA) is 60.8 Å². The van der Waals surface area contributed by atoms with Crippen LogP contribution in [0, 0.1) is 5.41 Å². The van der Waals surface area contributed by atoms with Crippen LogP contribution in [0.5, 0.6) is 0 Å². The molecule has 2 N–H and O–H groups in total. The summed E-state index contributed by atoms with van der Waals surface area (Å²) in [5.41, 5.74) is -0.0355. The minimum absolute atomic E-state index is 0.0355. The van der Waals surface area contributed by atoms with Gasteiger partial charge in [-0.3, -0.25) is 4.79 Å². The molecule has 0 atom stereocenters. The largest absolute Gasteiger partial charge is 0.396 e. The Morgan fingerprint density at radius 1 is 1.38 bits per heavy atom. The van der Waals surface area contributed by atoms with Gasteiger partial charge in [0.25, 0.3) is 0 Å². The fraction of sp³-hybridized carbons (Fsp3) is 0.889. The highest BCUT2D eigenvalue weighted by atomic mass is 16.3. The average Bonchev–Trinajstić information content (AvgIpc) is 2.18. The van der Waals surface area contributed by atoms with Crippen LogP contribution in [0.1, 0.15) is 19.8 Å². The minimum Gasteiger partial charge on any atom is -0.396 e. The van der Waals surface area contributed by atoms with E-state index in [1.807, 2.05) is 6.92 Å². The van der Waals surface area contributed by atoms with E-state index in [-0.39, 0.29) is 17.9 Å². The minimum atomic E-state index is -0.407. The Morgan fingerprint density at radius 2 is 1.92 bits per heavy atom. The maximum absolute atomic E-state index is 11.1. The van der Waals surface area contributed by atoms with Crippen LogP contribution in [0.2, 0.25) is 0 Å². The zero-order valence-electron chi connectivity index (χ0n) is 7.99. The third-order valence-corrected chi connectivity index (χ3v) is 2.84. The number of piperidine rings is 1. The highest BCUT2D eigenvalue weighted by Gasteiger charge is 2.30. The van der Waals surface area contributed by atoms with Crippen molar-refractivity contribution in [2.24, 2.45) is 5.41 Å².